The van der Waals surface area contributed by atoms with Gasteiger partial charge in [0.2, 0.25) is 0 Å². The molecule has 0 saturated heterocycles. The van der Waals surface area contributed by atoms with Gasteiger partial charge in [-0.2, -0.15) is 9.59 Å². The van der Waals surface area contributed by atoms with Crippen LogP contribution in [0.5, 0.6) is 11.5 Å². The number of carbonyl (C=O) groups is 1. The summed E-state index contributed by atoms with van der Waals surface area (Å²) in [6.07, 6.45) is 3.04. The number of rotatable bonds is 6. The van der Waals surface area contributed by atoms with Crippen molar-refractivity contribution in [1.29, 1.82) is 0 Å². The van der Waals surface area contributed by atoms with Crippen LogP contribution in [-0.2, 0) is 20.8 Å². The van der Waals surface area contributed by atoms with E-state index in [4.69, 9.17) is 19.1 Å². The molecule has 1 heterocycles. The molecule has 0 bridgehead atoms. The van der Waals surface area contributed by atoms with Crippen LogP contribution in [-0.4, -0.2) is 28.1 Å². The first kappa shape index (κ1) is 30.5. The molecule has 1 aliphatic heterocycles. The van der Waals surface area contributed by atoms with Crippen molar-refractivity contribution in [1.82, 2.24) is 0 Å². The number of carbonyl (C=O) groups excluding carboxylic acids is 3. The summed E-state index contributed by atoms with van der Waals surface area (Å²) in [5.74, 6) is 1.32. The van der Waals surface area contributed by atoms with Gasteiger partial charge < -0.3 is 9.47 Å². The van der Waals surface area contributed by atoms with Crippen molar-refractivity contribution in [2.45, 2.75) is 71.5 Å². The number of ether oxygens (including phenoxy) is 2. The summed E-state index contributed by atoms with van der Waals surface area (Å²) >= 11 is 6.61. The topological polar surface area (TPSA) is 113 Å². The Morgan fingerprint density at radius 3 is 2.17 bits per heavy atom. The molecular formula is C25H29Br2NO7. The van der Waals surface area contributed by atoms with E-state index in [2.05, 4.69) is 31.9 Å². The molecule has 10 heteroatoms. The molecular weight excluding hydrogens is 586 g/mol. The highest BCUT2D eigenvalue weighted by Crippen LogP contribution is 2.35. The Balaban J connectivity index is 0.000000316. The van der Waals surface area contributed by atoms with E-state index in [1.807, 2.05) is 52.8 Å². The van der Waals surface area contributed by atoms with Crippen LogP contribution in [0, 0.1) is 10.1 Å². The van der Waals surface area contributed by atoms with Crippen LogP contribution in [0.25, 0.3) is 0 Å². The molecule has 1 aliphatic rings. The highest BCUT2D eigenvalue weighted by molar-refractivity contribution is 9.10. The number of fused-ring (bicyclic) bond motifs is 1. The predicted octanol–water partition coefficient (Wildman–Crippen LogP) is 6.85. The Labute approximate surface area is 221 Å². The van der Waals surface area contributed by atoms with Crippen LogP contribution < -0.4 is 9.47 Å². The molecule has 0 N–H and O–H groups in total. The average Bonchev–Trinajstić information content (AvgIpc) is 2.82. The molecule has 0 fully saturated rings. The van der Waals surface area contributed by atoms with E-state index < -0.39 is 10.5 Å². The zero-order valence-electron chi connectivity index (χ0n) is 20.4. The highest BCUT2D eigenvalue weighted by atomic mass is 79.9. The SMILES string of the molecule is CCC(C)(CC)Oc1ccc(Br)cc1[N+](=O)[O-].CCC1(C)Oc2ccc(Br)cc2CC1=O.O=C=O. The minimum absolute atomic E-state index is 0.00694. The summed E-state index contributed by atoms with van der Waals surface area (Å²) in [6, 6.07) is 10.6. The molecule has 8 nitrogen and oxygen atoms in total. The van der Waals surface area contributed by atoms with E-state index in [0.29, 0.717) is 23.1 Å². The maximum atomic E-state index is 11.9. The highest BCUT2D eigenvalue weighted by Gasteiger charge is 2.37. The molecule has 1 unspecified atom stereocenters. The van der Waals surface area contributed by atoms with Crippen molar-refractivity contribution < 1.29 is 28.8 Å². The molecule has 0 saturated carbocycles. The number of hydrogen-bond donors (Lipinski definition) is 0. The second-order valence-electron chi connectivity index (χ2n) is 8.25. The first-order valence-corrected chi connectivity index (χ1v) is 12.6. The number of nitrogens with zero attached hydrogens (tertiary/aromatic N) is 1. The molecule has 0 aliphatic carbocycles. The van der Waals surface area contributed by atoms with Gasteiger partial charge in [0.05, 0.1) is 4.92 Å². The van der Waals surface area contributed by atoms with Crippen molar-refractivity contribution in [3.63, 3.8) is 0 Å². The van der Waals surface area contributed by atoms with Gasteiger partial charge in [-0.15, -0.1) is 0 Å². The summed E-state index contributed by atoms with van der Waals surface area (Å²) in [4.78, 5) is 38.6. The summed E-state index contributed by atoms with van der Waals surface area (Å²) < 4.78 is 13.2. The lowest BCUT2D eigenvalue weighted by atomic mass is 9.89. The second-order valence-corrected chi connectivity index (χ2v) is 10.1. The minimum Gasteiger partial charge on any atom is -0.481 e. The molecule has 2 aromatic carbocycles. The van der Waals surface area contributed by atoms with E-state index in [-0.39, 0.29) is 23.2 Å². The number of ketones is 1. The normalized spacial score (nSPS) is 16.3. The monoisotopic (exact) mass is 613 g/mol. The Hall–Kier alpha value is -2.55. The molecule has 0 amide bonds. The first-order valence-electron chi connectivity index (χ1n) is 11.0. The molecule has 0 radical (unpaired) electrons. The maximum Gasteiger partial charge on any atom is 0.373 e. The molecule has 190 valence electrons. The third-order valence-electron chi connectivity index (χ3n) is 5.94. The lowest BCUT2D eigenvalue weighted by molar-refractivity contribution is -0.386. The van der Waals surface area contributed by atoms with Crippen molar-refractivity contribution in [2.24, 2.45) is 0 Å². The number of halogens is 2. The van der Waals surface area contributed by atoms with E-state index in [0.717, 1.165) is 28.6 Å². The van der Waals surface area contributed by atoms with Crippen LogP contribution >= 0.6 is 31.9 Å². The Kier molecular flexibility index (Phi) is 11.8. The van der Waals surface area contributed by atoms with Crippen molar-refractivity contribution in [3.8, 4) is 11.5 Å². The lowest BCUT2D eigenvalue weighted by Crippen LogP contribution is -2.44. The van der Waals surface area contributed by atoms with Gasteiger partial charge >= 0.3 is 11.8 Å². The van der Waals surface area contributed by atoms with Crippen LogP contribution in [0.2, 0.25) is 0 Å². The van der Waals surface area contributed by atoms with Gasteiger partial charge in [-0.05, 0) is 63.4 Å². The van der Waals surface area contributed by atoms with Crippen LogP contribution in [0.1, 0.15) is 59.4 Å². The zero-order chi connectivity index (χ0) is 26.8. The van der Waals surface area contributed by atoms with Crippen molar-refractivity contribution >= 4 is 49.5 Å². The molecule has 0 spiro atoms. The summed E-state index contributed by atoms with van der Waals surface area (Å²) in [7, 11) is 0. The fourth-order valence-corrected chi connectivity index (χ4v) is 3.85. The van der Waals surface area contributed by atoms with Gasteiger partial charge in [-0.25, -0.2) is 0 Å². The van der Waals surface area contributed by atoms with Gasteiger partial charge in [-0.1, -0.05) is 52.6 Å². The van der Waals surface area contributed by atoms with E-state index >= 15 is 0 Å². The van der Waals surface area contributed by atoms with Crippen LogP contribution in [0.3, 0.4) is 0 Å². The Morgan fingerprint density at radius 2 is 1.66 bits per heavy atom. The quantitative estimate of drug-likeness (QED) is 0.258. The third kappa shape index (κ3) is 8.56. The van der Waals surface area contributed by atoms with Crippen LogP contribution in [0.15, 0.2) is 45.3 Å². The van der Waals surface area contributed by atoms with Gasteiger partial charge in [0.15, 0.2) is 17.1 Å². The minimum atomic E-state index is -0.638. The van der Waals surface area contributed by atoms with Gasteiger partial charge in [0.1, 0.15) is 11.4 Å². The van der Waals surface area contributed by atoms with Crippen LogP contribution in [0.4, 0.5) is 5.69 Å². The average molecular weight is 615 g/mol. The van der Waals surface area contributed by atoms with Crippen molar-refractivity contribution in [3.05, 3.63) is 61.0 Å². The Bertz CT molecular complexity index is 1080. The number of nitro benzene ring substituents is 1. The third-order valence-corrected chi connectivity index (χ3v) is 6.93. The number of hydrogen-bond acceptors (Lipinski definition) is 7. The van der Waals surface area contributed by atoms with Crippen molar-refractivity contribution in [2.75, 3.05) is 0 Å². The second kappa shape index (κ2) is 13.5. The summed E-state index contributed by atoms with van der Waals surface area (Å²) in [5, 5.41) is 10.9. The summed E-state index contributed by atoms with van der Waals surface area (Å²) in [5.41, 5.74) is -0.0350. The molecule has 3 rings (SSSR count). The molecule has 1 atom stereocenters. The van der Waals surface area contributed by atoms with Gasteiger partial charge in [-0.3, -0.25) is 14.9 Å². The number of Topliss-reactive ketones (excluding diaryl/α,β-unsaturated/α-hetero) is 1. The molecule has 35 heavy (non-hydrogen) atoms. The first-order chi connectivity index (χ1) is 16.4. The van der Waals surface area contributed by atoms with E-state index in [1.54, 1.807) is 12.1 Å². The Morgan fingerprint density at radius 1 is 1.11 bits per heavy atom. The van der Waals surface area contributed by atoms with Gasteiger partial charge in [0, 0.05) is 27.0 Å². The predicted molar refractivity (Wildman–Crippen MR) is 138 cm³/mol. The lowest BCUT2D eigenvalue weighted by Gasteiger charge is -2.33. The zero-order valence-corrected chi connectivity index (χ0v) is 23.5. The smallest absolute Gasteiger partial charge is 0.373 e. The number of benzene rings is 2. The fourth-order valence-electron chi connectivity index (χ4n) is 3.09. The maximum absolute atomic E-state index is 11.9. The standard InChI is InChI=1S/C12H16BrNO3.C12H13BrO2.CO2/c1-4-12(3,5-2)17-11-7-6-9(13)8-10(11)14(15)16;1-3-12(2)11(14)7-8-6-9(13)4-5-10(8)15-12;2-1-3/h6-8H,4-5H2,1-3H3;4-6H,3,7H2,1-2H3;. The van der Waals surface area contributed by atoms with E-state index in [1.165, 1.54) is 6.07 Å². The fraction of sp³-hybridized carbons (Fsp3) is 0.440. The molecule has 0 aromatic heterocycles. The van der Waals surface area contributed by atoms with Gasteiger partial charge in [0.25, 0.3) is 0 Å². The van der Waals surface area contributed by atoms with E-state index in [9.17, 15) is 14.9 Å². The number of nitro groups is 1. The summed E-state index contributed by atoms with van der Waals surface area (Å²) in [6.45, 7) is 9.81. The largest absolute Gasteiger partial charge is 0.481 e. The molecule has 2 aromatic rings.